The van der Waals surface area contributed by atoms with Gasteiger partial charge in [-0.25, -0.2) is 0 Å². The third-order valence-corrected chi connectivity index (χ3v) is 3.45. The van der Waals surface area contributed by atoms with Gasteiger partial charge in [0.1, 0.15) is 11.8 Å². The molecule has 3 rings (SSSR count). The lowest BCUT2D eigenvalue weighted by atomic mass is 10.1. The molecule has 0 amide bonds. The maximum atomic E-state index is 8.97. The first-order valence-electron chi connectivity index (χ1n) is 6.55. The van der Waals surface area contributed by atoms with Gasteiger partial charge >= 0.3 is 0 Å². The van der Waals surface area contributed by atoms with Crippen LogP contribution in [0.3, 0.4) is 0 Å². The van der Waals surface area contributed by atoms with E-state index in [1.54, 1.807) is 0 Å². The second kappa shape index (κ2) is 5.10. The average molecular weight is 261 g/mol. The summed E-state index contributed by atoms with van der Waals surface area (Å²) in [5, 5.41) is 14.9. The van der Waals surface area contributed by atoms with Gasteiger partial charge in [0.15, 0.2) is 0 Å². The fourth-order valence-electron chi connectivity index (χ4n) is 2.42. The molecule has 0 saturated carbocycles. The van der Waals surface area contributed by atoms with E-state index in [9.17, 15) is 0 Å². The first-order valence-corrected chi connectivity index (χ1v) is 6.55. The van der Waals surface area contributed by atoms with Crippen LogP contribution < -0.4 is 5.32 Å². The quantitative estimate of drug-likeness (QED) is 0.781. The number of rotatable bonds is 3. The molecule has 0 spiro atoms. The fraction of sp³-hybridized carbons (Fsp3) is 0.118. The zero-order chi connectivity index (χ0) is 13.9. The first kappa shape index (κ1) is 12.3. The van der Waals surface area contributed by atoms with E-state index in [0.29, 0.717) is 12.2 Å². The van der Waals surface area contributed by atoms with Gasteiger partial charge < -0.3 is 9.88 Å². The Labute approximate surface area is 118 Å². The smallest absolute Gasteiger partial charge is 0.120 e. The molecule has 1 heterocycles. The zero-order valence-corrected chi connectivity index (χ0v) is 11.3. The topological polar surface area (TPSA) is 40.8 Å². The van der Waals surface area contributed by atoms with Crippen LogP contribution in [0.1, 0.15) is 11.3 Å². The summed E-state index contributed by atoms with van der Waals surface area (Å²) in [5.74, 6) is 0. The van der Waals surface area contributed by atoms with E-state index in [1.807, 2.05) is 36.0 Å². The van der Waals surface area contributed by atoms with Crippen LogP contribution in [0.15, 0.2) is 54.7 Å². The van der Waals surface area contributed by atoms with Crippen LogP contribution in [0.4, 0.5) is 5.69 Å². The van der Waals surface area contributed by atoms with Crippen molar-refractivity contribution in [1.82, 2.24) is 4.57 Å². The maximum absolute atomic E-state index is 8.97. The molecule has 0 aliphatic rings. The summed E-state index contributed by atoms with van der Waals surface area (Å²) in [6.07, 6.45) is 1.98. The summed E-state index contributed by atoms with van der Waals surface area (Å²) in [6, 6.07) is 18.6. The Morgan fingerprint density at radius 3 is 2.75 bits per heavy atom. The molecule has 0 radical (unpaired) electrons. The van der Waals surface area contributed by atoms with Gasteiger partial charge in [-0.2, -0.15) is 5.26 Å². The Balaban J connectivity index is 1.85. The lowest BCUT2D eigenvalue weighted by Gasteiger charge is -2.08. The number of nitrogens with one attached hydrogen (secondary N) is 1. The molecule has 1 aromatic heterocycles. The van der Waals surface area contributed by atoms with E-state index >= 15 is 0 Å². The van der Waals surface area contributed by atoms with Crippen molar-refractivity contribution in [2.45, 2.75) is 6.54 Å². The van der Waals surface area contributed by atoms with Crippen molar-refractivity contribution in [1.29, 1.82) is 5.26 Å². The van der Waals surface area contributed by atoms with E-state index in [2.05, 4.69) is 41.7 Å². The highest BCUT2D eigenvalue weighted by Crippen LogP contribution is 2.23. The number of aromatic nitrogens is 1. The standard InChI is InChI=1S/C17H15N3/c1-20-12-13(9-15(20)10-18)11-19-17-8-4-6-14-5-2-3-7-16(14)17/h2-9,12,19H,11H2,1H3. The van der Waals surface area contributed by atoms with Crippen molar-refractivity contribution in [2.75, 3.05) is 5.32 Å². The summed E-state index contributed by atoms with van der Waals surface area (Å²) >= 11 is 0. The first-order chi connectivity index (χ1) is 9.78. The van der Waals surface area contributed by atoms with Crippen molar-refractivity contribution in [3.05, 3.63) is 66.0 Å². The molecule has 0 aliphatic carbocycles. The average Bonchev–Trinajstić information content (AvgIpc) is 2.85. The molecule has 0 bridgehead atoms. The van der Waals surface area contributed by atoms with Crippen LogP contribution in [0.5, 0.6) is 0 Å². The van der Waals surface area contributed by atoms with Gasteiger partial charge in [0.25, 0.3) is 0 Å². The van der Waals surface area contributed by atoms with Crippen LogP contribution in [-0.2, 0) is 13.6 Å². The lowest BCUT2D eigenvalue weighted by molar-refractivity contribution is 0.902. The van der Waals surface area contributed by atoms with E-state index in [-0.39, 0.29) is 0 Å². The van der Waals surface area contributed by atoms with Crippen LogP contribution in [0.25, 0.3) is 10.8 Å². The number of fused-ring (bicyclic) bond motifs is 1. The summed E-state index contributed by atoms with van der Waals surface area (Å²) in [7, 11) is 1.89. The van der Waals surface area contributed by atoms with Crippen LogP contribution in [0, 0.1) is 11.3 Å². The molecule has 3 heteroatoms. The van der Waals surface area contributed by atoms with Gasteiger partial charge in [-0.15, -0.1) is 0 Å². The van der Waals surface area contributed by atoms with E-state index in [1.165, 1.54) is 10.8 Å². The third-order valence-electron chi connectivity index (χ3n) is 3.45. The molecular weight excluding hydrogens is 246 g/mol. The van der Waals surface area contributed by atoms with Crippen molar-refractivity contribution in [3.8, 4) is 6.07 Å². The fourth-order valence-corrected chi connectivity index (χ4v) is 2.42. The molecule has 0 unspecified atom stereocenters. The minimum Gasteiger partial charge on any atom is -0.380 e. The normalized spacial score (nSPS) is 10.4. The summed E-state index contributed by atoms with van der Waals surface area (Å²) in [6.45, 7) is 0.712. The molecule has 0 aliphatic heterocycles. The van der Waals surface area contributed by atoms with Gasteiger partial charge in [-0.05, 0) is 23.1 Å². The van der Waals surface area contributed by atoms with Crippen molar-refractivity contribution in [2.24, 2.45) is 7.05 Å². The van der Waals surface area contributed by atoms with Crippen LogP contribution in [-0.4, -0.2) is 4.57 Å². The Hall–Kier alpha value is -2.73. The lowest BCUT2D eigenvalue weighted by Crippen LogP contribution is -1.98. The molecule has 0 fully saturated rings. The Morgan fingerprint density at radius 2 is 1.95 bits per heavy atom. The molecule has 3 nitrogen and oxygen atoms in total. The number of nitrogens with zero attached hydrogens (tertiary/aromatic N) is 2. The van der Waals surface area contributed by atoms with Gasteiger partial charge in [0, 0.05) is 30.9 Å². The molecule has 2 aromatic carbocycles. The van der Waals surface area contributed by atoms with Crippen molar-refractivity contribution < 1.29 is 0 Å². The number of nitriles is 1. The molecular formula is C17H15N3. The third kappa shape index (κ3) is 2.24. The minimum absolute atomic E-state index is 0.680. The highest BCUT2D eigenvalue weighted by molar-refractivity contribution is 5.93. The van der Waals surface area contributed by atoms with Gasteiger partial charge in [0.2, 0.25) is 0 Å². The highest BCUT2D eigenvalue weighted by atomic mass is 14.9. The molecule has 20 heavy (non-hydrogen) atoms. The zero-order valence-electron chi connectivity index (χ0n) is 11.3. The SMILES string of the molecule is Cn1cc(CNc2cccc3ccccc23)cc1C#N. The Morgan fingerprint density at radius 1 is 1.15 bits per heavy atom. The van der Waals surface area contributed by atoms with E-state index in [0.717, 1.165) is 11.3 Å². The highest BCUT2D eigenvalue weighted by Gasteiger charge is 2.03. The molecule has 0 saturated heterocycles. The molecule has 0 atom stereocenters. The van der Waals surface area contributed by atoms with Gasteiger partial charge in [0.05, 0.1) is 0 Å². The largest absolute Gasteiger partial charge is 0.380 e. The van der Waals surface area contributed by atoms with Crippen LogP contribution in [0.2, 0.25) is 0 Å². The molecule has 3 aromatic rings. The second-order valence-corrected chi connectivity index (χ2v) is 4.84. The molecule has 1 N–H and O–H groups in total. The van der Waals surface area contributed by atoms with Crippen molar-refractivity contribution >= 4 is 16.5 Å². The number of hydrogen-bond acceptors (Lipinski definition) is 2. The second-order valence-electron chi connectivity index (χ2n) is 4.84. The van der Waals surface area contributed by atoms with E-state index < -0.39 is 0 Å². The number of aryl methyl sites for hydroxylation is 1. The molecule has 98 valence electrons. The minimum atomic E-state index is 0.680. The van der Waals surface area contributed by atoms with Crippen LogP contribution >= 0.6 is 0 Å². The predicted octanol–water partition coefficient (Wildman–Crippen LogP) is 3.66. The summed E-state index contributed by atoms with van der Waals surface area (Å²) < 4.78 is 1.85. The van der Waals surface area contributed by atoms with Crippen molar-refractivity contribution in [3.63, 3.8) is 0 Å². The predicted molar refractivity (Wildman–Crippen MR) is 81.4 cm³/mol. The number of hydrogen-bond donors (Lipinski definition) is 1. The van der Waals surface area contributed by atoms with Gasteiger partial charge in [-0.1, -0.05) is 36.4 Å². The Bertz CT molecular complexity index is 788. The monoisotopic (exact) mass is 261 g/mol. The maximum Gasteiger partial charge on any atom is 0.120 e. The number of anilines is 1. The summed E-state index contributed by atoms with van der Waals surface area (Å²) in [5.41, 5.74) is 2.90. The van der Waals surface area contributed by atoms with E-state index in [4.69, 9.17) is 5.26 Å². The Kier molecular flexibility index (Phi) is 3.14. The number of benzene rings is 2. The summed E-state index contributed by atoms with van der Waals surface area (Å²) in [4.78, 5) is 0. The van der Waals surface area contributed by atoms with Gasteiger partial charge in [-0.3, -0.25) is 0 Å².